The van der Waals surface area contributed by atoms with E-state index >= 15 is 0 Å². The molecular formula is C30H43NO3Si. The zero-order valence-corrected chi connectivity index (χ0v) is 23.8. The Hall–Kier alpha value is -2.39. The van der Waals surface area contributed by atoms with E-state index in [9.17, 15) is 4.79 Å². The van der Waals surface area contributed by atoms with Crippen molar-refractivity contribution in [3.8, 4) is 11.8 Å². The Morgan fingerprint density at radius 2 is 1.43 bits per heavy atom. The molecule has 0 N–H and O–H groups in total. The largest absolute Gasteiger partial charge is 0.456 e. The Bertz CT molecular complexity index is 930. The predicted molar refractivity (Wildman–Crippen MR) is 147 cm³/mol. The van der Waals surface area contributed by atoms with Crippen LogP contribution in [0.4, 0.5) is 0 Å². The highest BCUT2D eigenvalue weighted by Gasteiger charge is 2.42. The first-order valence-corrected chi connectivity index (χ1v) is 15.5. The van der Waals surface area contributed by atoms with Crippen molar-refractivity contribution in [1.82, 2.24) is 4.90 Å². The number of esters is 1. The summed E-state index contributed by atoms with van der Waals surface area (Å²) < 4.78 is 12.0. The van der Waals surface area contributed by atoms with Crippen LogP contribution in [-0.4, -0.2) is 37.9 Å². The molecule has 0 saturated carbocycles. The molecule has 190 valence electrons. The molecule has 0 unspecified atom stereocenters. The maximum absolute atomic E-state index is 12.2. The van der Waals surface area contributed by atoms with Gasteiger partial charge in [0, 0.05) is 25.1 Å². The number of ether oxygens (including phenoxy) is 1. The molecule has 0 bridgehead atoms. The number of carbonyl (C=O) groups excluding carboxylic acids is 1. The van der Waals surface area contributed by atoms with Crippen LogP contribution in [0.25, 0.3) is 0 Å². The van der Waals surface area contributed by atoms with Crippen LogP contribution in [0.2, 0.25) is 18.1 Å². The minimum absolute atomic E-state index is 0.0159. The van der Waals surface area contributed by atoms with Crippen molar-refractivity contribution in [2.24, 2.45) is 5.92 Å². The topological polar surface area (TPSA) is 38.8 Å². The second kappa shape index (κ2) is 13.1. The molecule has 0 aromatic heterocycles. The van der Waals surface area contributed by atoms with Gasteiger partial charge in [0.25, 0.3) is 0 Å². The van der Waals surface area contributed by atoms with Gasteiger partial charge in [0.2, 0.25) is 0 Å². The molecule has 4 nitrogen and oxygen atoms in total. The summed E-state index contributed by atoms with van der Waals surface area (Å²) in [6.45, 7) is 19.2. The third-order valence-corrected chi connectivity index (χ3v) is 11.1. The first kappa shape index (κ1) is 28.8. The van der Waals surface area contributed by atoms with Gasteiger partial charge in [-0.05, 0) is 42.1 Å². The van der Waals surface area contributed by atoms with E-state index in [4.69, 9.17) is 9.16 Å². The Morgan fingerprint density at radius 3 is 1.83 bits per heavy atom. The molecule has 0 heterocycles. The van der Waals surface area contributed by atoms with E-state index in [2.05, 4.69) is 113 Å². The van der Waals surface area contributed by atoms with Crippen molar-refractivity contribution in [2.45, 2.75) is 84.9 Å². The number of rotatable bonds is 10. The van der Waals surface area contributed by atoms with E-state index < -0.39 is 20.4 Å². The second-order valence-electron chi connectivity index (χ2n) is 10.9. The average Bonchev–Trinajstić information content (AvgIpc) is 2.78. The van der Waals surface area contributed by atoms with Gasteiger partial charge < -0.3 is 9.16 Å². The molecule has 35 heavy (non-hydrogen) atoms. The SMILES string of the molecule is CCOC(=O)C#C[C@@H](O[Si](C)(C)C(C)(C)C)[C@H](C(C)C)N(Cc1ccccc1)Cc1ccccc1. The van der Waals surface area contributed by atoms with E-state index in [-0.39, 0.29) is 17.0 Å². The quantitative estimate of drug-likeness (QED) is 0.160. The van der Waals surface area contributed by atoms with Crippen LogP contribution >= 0.6 is 0 Å². The standard InChI is InChI=1S/C30H43NO3Si/c1-9-33-28(32)21-20-27(34-35(7,8)30(4,5)6)29(24(2)3)31(22-25-16-12-10-13-17-25)23-26-18-14-11-15-19-26/h10-19,24,27,29H,9,22-23H2,1-8H3/t27-,29+/m1/s1. The van der Waals surface area contributed by atoms with Crippen molar-refractivity contribution in [3.05, 3.63) is 71.8 Å². The molecule has 0 aliphatic carbocycles. The predicted octanol–water partition coefficient (Wildman–Crippen LogP) is 6.67. The summed E-state index contributed by atoms with van der Waals surface area (Å²) in [6, 6.07) is 21.0. The minimum atomic E-state index is -2.18. The van der Waals surface area contributed by atoms with Crippen LogP contribution in [0.15, 0.2) is 60.7 Å². The van der Waals surface area contributed by atoms with Crippen LogP contribution in [0.5, 0.6) is 0 Å². The molecule has 2 aromatic carbocycles. The number of benzene rings is 2. The summed E-state index contributed by atoms with van der Waals surface area (Å²) in [6.07, 6.45) is -0.423. The highest BCUT2D eigenvalue weighted by molar-refractivity contribution is 6.74. The average molecular weight is 494 g/mol. The first-order chi connectivity index (χ1) is 16.4. The molecule has 0 spiro atoms. The van der Waals surface area contributed by atoms with E-state index in [1.165, 1.54) is 11.1 Å². The molecule has 2 atom stereocenters. The van der Waals surface area contributed by atoms with Crippen LogP contribution in [0.3, 0.4) is 0 Å². The molecular weight excluding hydrogens is 450 g/mol. The van der Waals surface area contributed by atoms with Crippen molar-refractivity contribution < 1.29 is 14.0 Å². The maximum Gasteiger partial charge on any atom is 0.384 e. The lowest BCUT2D eigenvalue weighted by molar-refractivity contribution is -0.136. The van der Waals surface area contributed by atoms with E-state index in [1.807, 2.05) is 12.1 Å². The van der Waals surface area contributed by atoms with Gasteiger partial charge >= 0.3 is 5.97 Å². The van der Waals surface area contributed by atoms with Crippen LogP contribution < -0.4 is 0 Å². The van der Waals surface area contributed by atoms with Gasteiger partial charge in [-0.25, -0.2) is 4.79 Å². The third-order valence-electron chi connectivity index (χ3n) is 6.69. The molecule has 5 heteroatoms. The van der Waals surface area contributed by atoms with Gasteiger partial charge in [0.15, 0.2) is 8.32 Å². The Morgan fingerprint density at radius 1 is 0.943 bits per heavy atom. The van der Waals surface area contributed by atoms with Crippen molar-refractivity contribution >= 4 is 14.3 Å². The van der Waals surface area contributed by atoms with Crippen molar-refractivity contribution in [1.29, 1.82) is 0 Å². The van der Waals surface area contributed by atoms with Crippen LogP contribution in [0.1, 0.15) is 52.7 Å². The van der Waals surface area contributed by atoms with Gasteiger partial charge in [-0.3, -0.25) is 4.90 Å². The Kier molecular flexibility index (Phi) is 10.8. The first-order valence-electron chi connectivity index (χ1n) is 12.6. The molecule has 0 aliphatic heterocycles. The zero-order valence-electron chi connectivity index (χ0n) is 22.8. The fraction of sp³-hybridized carbons (Fsp3) is 0.500. The number of carbonyl (C=O) groups is 1. The number of nitrogens with zero attached hydrogens (tertiary/aromatic N) is 1. The fourth-order valence-corrected chi connectivity index (χ4v) is 5.03. The van der Waals surface area contributed by atoms with Gasteiger partial charge in [-0.15, -0.1) is 0 Å². The number of hydrogen-bond donors (Lipinski definition) is 0. The summed E-state index contributed by atoms with van der Waals surface area (Å²) in [5.74, 6) is 5.69. The van der Waals surface area contributed by atoms with Crippen LogP contribution in [-0.2, 0) is 27.0 Å². The van der Waals surface area contributed by atoms with E-state index in [0.717, 1.165) is 13.1 Å². The molecule has 0 amide bonds. The van der Waals surface area contributed by atoms with Crippen molar-refractivity contribution in [3.63, 3.8) is 0 Å². The normalized spacial score (nSPS) is 13.8. The number of hydrogen-bond acceptors (Lipinski definition) is 4. The molecule has 2 rings (SSSR count). The molecule has 0 fully saturated rings. The van der Waals surface area contributed by atoms with Gasteiger partial charge in [-0.2, -0.15) is 0 Å². The minimum Gasteiger partial charge on any atom is -0.456 e. The summed E-state index contributed by atoms with van der Waals surface area (Å²) in [5, 5.41) is 0.0159. The lowest BCUT2D eigenvalue weighted by Crippen LogP contribution is -2.53. The van der Waals surface area contributed by atoms with E-state index in [0.29, 0.717) is 6.61 Å². The monoisotopic (exact) mass is 493 g/mol. The van der Waals surface area contributed by atoms with Crippen LogP contribution in [0, 0.1) is 17.8 Å². The fourth-order valence-electron chi connectivity index (χ4n) is 3.84. The zero-order chi connectivity index (χ0) is 26.1. The summed E-state index contributed by atoms with van der Waals surface area (Å²) in [7, 11) is -2.18. The third kappa shape index (κ3) is 8.96. The Labute approximate surface area is 214 Å². The molecule has 0 saturated heterocycles. The lowest BCUT2D eigenvalue weighted by Gasteiger charge is -2.44. The highest BCUT2D eigenvalue weighted by Crippen LogP contribution is 2.38. The lowest BCUT2D eigenvalue weighted by atomic mass is 9.95. The van der Waals surface area contributed by atoms with E-state index in [1.54, 1.807) is 6.92 Å². The van der Waals surface area contributed by atoms with Crippen molar-refractivity contribution in [2.75, 3.05) is 6.61 Å². The summed E-state index contributed by atoms with van der Waals surface area (Å²) >= 11 is 0. The Balaban J connectivity index is 2.54. The van der Waals surface area contributed by atoms with Gasteiger partial charge in [0.05, 0.1) is 6.61 Å². The van der Waals surface area contributed by atoms with Gasteiger partial charge in [-0.1, -0.05) is 101 Å². The summed E-state index contributed by atoms with van der Waals surface area (Å²) in [4.78, 5) is 14.7. The maximum atomic E-state index is 12.2. The van der Waals surface area contributed by atoms with Gasteiger partial charge in [0.1, 0.15) is 6.10 Å². The molecule has 2 aromatic rings. The second-order valence-corrected chi connectivity index (χ2v) is 15.7. The highest BCUT2D eigenvalue weighted by atomic mass is 28.4. The molecule has 0 aliphatic rings. The smallest absolute Gasteiger partial charge is 0.384 e. The molecule has 0 radical (unpaired) electrons. The summed E-state index contributed by atoms with van der Waals surface area (Å²) in [5.41, 5.74) is 2.47.